The second-order valence-electron chi connectivity index (χ2n) is 10.1. The summed E-state index contributed by atoms with van der Waals surface area (Å²) in [7, 11) is 0. The molecule has 0 saturated carbocycles. The summed E-state index contributed by atoms with van der Waals surface area (Å²) in [5.74, 6) is 2.21. The van der Waals surface area contributed by atoms with E-state index in [1.165, 1.54) is 11.1 Å². The van der Waals surface area contributed by atoms with E-state index in [0.717, 1.165) is 24.0 Å². The highest BCUT2D eigenvalue weighted by atomic mass is 16.6. The molecule has 218 valence electrons. The van der Waals surface area contributed by atoms with E-state index in [0.29, 0.717) is 45.7 Å². The van der Waals surface area contributed by atoms with Gasteiger partial charge >= 0.3 is 11.9 Å². The van der Waals surface area contributed by atoms with E-state index in [4.69, 9.17) is 18.9 Å². The van der Waals surface area contributed by atoms with E-state index in [2.05, 4.69) is 37.4 Å². The fraction of sp³-hybridized carbons (Fsp3) is 0.222. The quantitative estimate of drug-likeness (QED) is 0.124. The minimum absolute atomic E-state index is 0.332. The fourth-order valence-corrected chi connectivity index (χ4v) is 3.69. The lowest BCUT2D eigenvalue weighted by atomic mass is 10.0. The summed E-state index contributed by atoms with van der Waals surface area (Å²) in [5, 5.41) is 0. The number of allylic oxidation sites excluding steroid dienone is 4. The molecule has 3 rings (SSSR count). The molecule has 42 heavy (non-hydrogen) atoms. The van der Waals surface area contributed by atoms with Gasteiger partial charge in [-0.2, -0.15) is 0 Å². The third-order valence-corrected chi connectivity index (χ3v) is 6.49. The van der Waals surface area contributed by atoms with Gasteiger partial charge in [-0.15, -0.1) is 0 Å². The van der Waals surface area contributed by atoms with Gasteiger partial charge in [0.25, 0.3) is 0 Å². The Bertz CT molecular complexity index is 1500. The molecule has 0 fully saturated rings. The fourth-order valence-electron chi connectivity index (χ4n) is 3.69. The summed E-state index contributed by atoms with van der Waals surface area (Å²) < 4.78 is 22.1. The van der Waals surface area contributed by atoms with Crippen LogP contribution in [0.15, 0.2) is 120 Å². The van der Waals surface area contributed by atoms with Crippen molar-refractivity contribution in [3.05, 3.63) is 131 Å². The van der Waals surface area contributed by atoms with Crippen LogP contribution in [-0.4, -0.2) is 11.9 Å². The van der Waals surface area contributed by atoms with Crippen molar-refractivity contribution < 1.29 is 28.5 Å². The molecule has 3 aromatic carbocycles. The van der Waals surface area contributed by atoms with E-state index >= 15 is 0 Å². The lowest BCUT2D eigenvalue weighted by molar-refractivity contribution is -0.136. The first kappa shape index (κ1) is 31.7. The first-order chi connectivity index (χ1) is 19.9. The molecule has 0 heterocycles. The zero-order valence-corrected chi connectivity index (χ0v) is 25.2. The molecule has 6 nitrogen and oxygen atoms in total. The summed E-state index contributed by atoms with van der Waals surface area (Å²) in [6, 6.07) is 24.2. The van der Waals surface area contributed by atoms with Gasteiger partial charge in [-0.3, -0.25) is 0 Å². The number of hydrogen-bond donors (Lipinski definition) is 0. The van der Waals surface area contributed by atoms with Crippen molar-refractivity contribution in [3.63, 3.8) is 0 Å². The van der Waals surface area contributed by atoms with Crippen molar-refractivity contribution >= 4 is 11.9 Å². The molecule has 3 aromatic rings. The number of hydrogen-bond acceptors (Lipinski definition) is 6. The Balaban J connectivity index is 1.53. The Morgan fingerprint density at radius 2 is 0.810 bits per heavy atom. The molecule has 0 spiro atoms. The van der Waals surface area contributed by atoms with E-state index in [-0.39, 0.29) is 0 Å². The molecule has 0 unspecified atom stereocenters. The monoisotopic (exact) mass is 566 g/mol. The van der Waals surface area contributed by atoms with Gasteiger partial charge in [0.1, 0.15) is 34.5 Å². The molecule has 0 bridgehead atoms. The number of benzene rings is 3. The lowest BCUT2D eigenvalue weighted by Crippen LogP contribution is -2.06. The van der Waals surface area contributed by atoms with Gasteiger partial charge < -0.3 is 18.9 Å². The number of aryl methyl sites for hydroxylation is 2. The van der Waals surface area contributed by atoms with Crippen LogP contribution in [0, 0.1) is 0 Å². The second-order valence-corrected chi connectivity index (χ2v) is 10.1. The SMILES string of the molecule is C=C(C)C(=O)OC(C)=C(C)Oc1ccc(CCc2ccc(-c3ccc(OC(C)=C(C)OC(=O)C(=C)C)cc3)cc2)cc1. The summed E-state index contributed by atoms with van der Waals surface area (Å²) in [4.78, 5) is 23.4. The first-order valence-corrected chi connectivity index (χ1v) is 13.7. The highest BCUT2D eigenvalue weighted by Gasteiger charge is 2.10. The zero-order chi connectivity index (χ0) is 30.8. The zero-order valence-electron chi connectivity index (χ0n) is 25.2. The average molecular weight is 567 g/mol. The maximum atomic E-state index is 11.7. The minimum Gasteiger partial charge on any atom is -0.459 e. The van der Waals surface area contributed by atoms with Gasteiger partial charge in [0.05, 0.1) is 0 Å². The number of rotatable bonds is 12. The number of carbonyl (C=O) groups is 2. The minimum atomic E-state index is -0.475. The Hall–Kier alpha value is -4.84. The van der Waals surface area contributed by atoms with Gasteiger partial charge in [0, 0.05) is 11.1 Å². The van der Waals surface area contributed by atoms with Gasteiger partial charge in [-0.1, -0.05) is 61.7 Å². The Morgan fingerprint density at radius 1 is 0.500 bits per heavy atom. The van der Waals surface area contributed by atoms with E-state index in [1.54, 1.807) is 41.5 Å². The Labute approximate surface area is 248 Å². The smallest absolute Gasteiger partial charge is 0.338 e. The van der Waals surface area contributed by atoms with Crippen molar-refractivity contribution in [2.75, 3.05) is 0 Å². The summed E-state index contributed by atoms with van der Waals surface area (Å²) in [6.45, 7) is 17.3. The second kappa shape index (κ2) is 14.7. The summed E-state index contributed by atoms with van der Waals surface area (Å²) in [5.41, 5.74) is 5.29. The number of carbonyl (C=O) groups excluding carboxylic acids is 2. The van der Waals surface area contributed by atoms with Crippen molar-refractivity contribution in [2.24, 2.45) is 0 Å². The van der Waals surface area contributed by atoms with Crippen LogP contribution in [0.4, 0.5) is 0 Å². The van der Waals surface area contributed by atoms with E-state index in [1.807, 2.05) is 48.5 Å². The molecule has 0 aliphatic heterocycles. The standard InChI is InChI=1S/C36H38O6/c1-23(2)35(37)41-27(7)25(5)39-33-19-13-30(14-20-33)10-9-29-11-15-31(16-12-29)32-17-21-34(22-18-32)40-26(6)28(8)42-36(38)24(3)4/h11-22H,1,3,9-10H2,2,4-8H3. The van der Waals surface area contributed by atoms with Gasteiger partial charge in [-0.25, -0.2) is 9.59 Å². The summed E-state index contributed by atoms with van der Waals surface area (Å²) in [6.07, 6.45) is 1.80. The van der Waals surface area contributed by atoms with Gasteiger partial charge in [0.2, 0.25) is 0 Å². The molecule has 0 aromatic heterocycles. The van der Waals surface area contributed by atoms with Crippen molar-refractivity contribution in [3.8, 4) is 22.6 Å². The van der Waals surface area contributed by atoms with Crippen LogP contribution in [-0.2, 0) is 31.9 Å². The Morgan fingerprint density at radius 3 is 1.17 bits per heavy atom. The predicted octanol–water partition coefficient (Wildman–Crippen LogP) is 8.64. The highest BCUT2D eigenvalue weighted by molar-refractivity contribution is 5.88. The predicted molar refractivity (Wildman–Crippen MR) is 166 cm³/mol. The molecular weight excluding hydrogens is 528 g/mol. The van der Waals surface area contributed by atoms with Crippen LogP contribution in [0.5, 0.6) is 11.5 Å². The lowest BCUT2D eigenvalue weighted by Gasteiger charge is -2.11. The third kappa shape index (κ3) is 9.37. The normalized spacial score (nSPS) is 12.0. The van der Waals surface area contributed by atoms with Crippen LogP contribution >= 0.6 is 0 Å². The molecule has 6 heteroatoms. The topological polar surface area (TPSA) is 71.1 Å². The van der Waals surface area contributed by atoms with Crippen molar-refractivity contribution in [1.29, 1.82) is 0 Å². The molecule has 0 N–H and O–H groups in total. The average Bonchev–Trinajstić information content (AvgIpc) is 2.97. The maximum Gasteiger partial charge on any atom is 0.338 e. The summed E-state index contributed by atoms with van der Waals surface area (Å²) >= 11 is 0. The largest absolute Gasteiger partial charge is 0.459 e. The highest BCUT2D eigenvalue weighted by Crippen LogP contribution is 2.25. The Kier molecular flexibility index (Phi) is 11.1. The number of esters is 2. The van der Waals surface area contributed by atoms with Crippen molar-refractivity contribution in [1.82, 2.24) is 0 Å². The van der Waals surface area contributed by atoms with Gasteiger partial charge in [-0.05, 0) is 101 Å². The van der Waals surface area contributed by atoms with Crippen molar-refractivity contribution in [2.45, 2.75) is 54.4 Å². The van der Waals surface area contributed by atoms with Crippen LogP contribution in [0.3, 0.4) is 0 Å². The molecular formula is C36H38O6. The molecule has 0 aliphatic rings. The maximum absolute atomic E-state index is 11.7. The molecule has 0 amide bonds. The first-order valence-electron chi connectivity index (χ1n) is 13.7. The molecule has 0 radical (unpaired) electrons. The molecule has 0 aliphatic carbocycles. The molecule has 0 atom stereocenters. The third-order valence-electron chi connectivity index (χ3n) is 6.49. The van der Waals surface area contributed by atoms with Crippen LogP contribution < -0.4 is 9.47 Å². The van der Waals surface area contributed by atoms with Crippen LogP contribution in [0.2, 0.25) is 0 Å². The van der Waals surface area contributed by atoms with Crippen LogP contribution in [0.25, 0.3) is 11.1 Å². The van der Waals surface area contributed by atoms with Crippen LogP contribution in [0.1, 0.15) is 52.7 Å². The molecule has 0 saturated heterocycles. The van der Waals surface area contributed by atoms with Gasteiger partial charge in [0.15, 0.2) is 0 Å². The number of ether oxygens (including phenoxy) is 4. The van der Waals surface area contributed by atoms with E-state index in [9.17, 15) is 9.59 Å². The van der Waals surface area contributed by atoms with E-state index < -0.39 is 11.9 Å².